The van der Waals surface area contributed by atoms with Crippen LogP contribution in [0, 0.1) is 0 Å². The van der Waals surface area contributed by atoms with Crippen LogP contribution in [0.1, 0.15) is 30.1 Å². The average molecular weight is 221 g/mol. The second-order valence-electron chi connectivity index (χ2n) is 3.69. The van der Waals surface area contributed by atoms with Crippen LogP contribution in [0.15, 0.2) is 12.4 Å². The molecule has 0 atom stereocenters. The van der Waals surface area contributed by atoms with Crippen molar-refractivity contribution in [3.8, 4) is 0 Å². The second kappa shape index (κ2) is 3.62. The first-order chi connectivity index (χ1) is 7.42. The maximum atomic E-state index is 4.44. The van der Waals surface area contributed by atoms with Gasteiger partial charge in [0.1, 0.15) is 5.82 Å². The van der Waals surface area contributed by atoms with Gasteiger partial charge in [0.15, 0.2) is 0 Å². The number of aromatic nitrogens is 4. The molecule has 0 aromatic carbocycles. The molecule has 2 aromatic heterocycles. The van der Waals surface area contributed by atoms with E-state index in [0.717, 1.165) is 23.1 Å². The first-order valence-electron chi connectivity index (χ1n) is 4.97. The molecule has 1 fully saturated rings. The molecule has 3 rings (SSSR count). The average Bonchev–Trinajstić information content (AvgIpc) is 2.82. The van der Waals surface area contributed by atoms with Crippen LogP contribution in [0.4, 0.5) is 5.13 Å². The Hall–Kier alpha value is -1.43. The van der Waals surface area contributed by atoms with Crippen LogP contribution in [0.2, 0.25) is 0 Å². The zero-order chi connectivity index (χ0) is 10.1. The molecule has 0 unspecified atom stereocenters. The summed E-state index contributed by atoms with van der Waals surface area (Å²) in [4.78, 5) is 4.44. The number of rotatable bonds is 4. The van der Waals surface area contributed by atoms with Crippen molar-refractivity contribution < 1.29 is 0 Å². The van der Waals surface area contributed by atoms with Crippen molar-refractivity contribution in [2.75, 3.05) is 5.32 Å². The fourth-order valence-corrected chi connectivity index (χ4v) is 2.01. The Morgan fingerprint density at radius 2 is 2.47 bits per heavy atom. The predicted octanol–water partition coefficient (Wildman–Crippen LogP) is 1.75. The van der Waals surface area contributed by atoms with Gasteiger partial charge in [-0.15, -0.1) is 0 Å². The van der Waals surface area contributed by atoms with Gasteiger partial charge in [0.05, 0.1) is 6.20 Å². The highest BCUT2D eigenvalue weighted by atomic mass is 32.1. The molecule has 15 heavy (non-hydrogen) atoms. The van der Waals surface area contributed by atoms with Crippen molar-refractivity contribution in [1.82, 2.24) is 19.6 Å². The van der Waals surface area contributed by atoms with Crippen LogP contribution >= 0.6 is 11.5 Å². The summed E-state index contributed by atoms with van der Waals surface area (Å²) < 4.78 is 4.32. The minimum absolute atomic E-state index is 0.630. The third kappa shape index (κ3) is 1.99. The van der Waals surface area contributed by atoms with Crippen molar-refractivity contribution in [3.05, 3.63) is 23.8 Å². The van der Waals surface area contributed by atoms with Gasteiger partial charge in [-0.05, 0) is 12.8 Å². The van der Waals surface area contributed by atoms with Gasteiger partial charge < -0.3 is 5.32 Å². The molecule has 5 nitrogen and oxygen atoms in total. The summed E-state index contributed by atoms with van der Waals surface area (Å²) in [5.41, 5.74) is 1.12. The first kappa shape index (κ1) is 8.84. The van der Waals surface area contributed by atoms with E-state index in [1.54, 1.807) is 6.20 Å². The second-order valence-corrected chi connectivity index (χ2v) is 4.44. The number of nitrogens with zero attached hydrogens (tertiary/aromatic N) is 3. The molecule has 78 valence electrons. The molecule has 6 heteroatoms. The van der Waals surface area contributed by atoms with E-state index >= 15 is 0 Å². The Labute approximate surface area is 91.1 Å². The zero-order valence-corrected chi connectivity index (χ0v) is 8.92. The fourth-order valence-electron chi connectivity index (χ4n) is 1.37. The van der Waals surface area contributed by atoms with E-state index in [2.05, 4.69) is 24.9 Å². The number of anilines is 1. The highest BCUT2D eigenvalue weighted by molar-refractivity contribution is 7.09. The normalized spacial score (nSPS) is 15.5. The lowest BCUT2D eigenvalue weighted by atomic mass is 10.4. The molecular weight excluding hydrogens is 210 g/mol. The summed E-state index contributed by atoms with van der Waals surface area (Å²) >= 11 is 1.44. The molecule has 0 saturated heterocycles. The van der Waals surface area contributed by atoms with Gasteiger partial charge in [-0.1, -0.05) is 0 Å². The SMILES string of the molecule is c1n[nH]cc1CNc1nc(C2CC2)ns1. The molecule has 0 bridgehead atoms. The van der Waals surface area contributed by atoms with E-state index in [1.165, 1.54) is 24.4 Å². The number of hydrogen-bond acceptors (Lipinski definition) is 5. The summed E-state index contributed by atoms with van der Waals surface area (Å²) in [5, 5.41) is 10.8. The van der Waals surface area contributed by atoms with Crippen molar-refractivity contribution in [3.63, 3.8) is 0 Å². The van der Waals surface area contributed by atoms with Crippen LogP contribution in [0.5, 0.6) is 0 Å². The lowest BCUT2D eigenvalue weighted by Gasteiger charge is -1.97. The van der Waals surface area contributed by atoms with Gasteiger partial charge in [-0.2, -0.15) is 9.47 Å². The van der Waals surface area contributed by atoms with Gasteiger partial charge in [-0.25, -0.2) is 4.98 Å². The predicted molar refractivity (Wildman–Crippen MR) is 57.8 cm³/mol. The quantitative estimate of drug-likeness (QED) is 0.825. The molecule has 0 aliphatic heterocycles. The molecule has 1 saturated carbocycles. The highest BCUT2D eigenvalue weighted by Gasteiger charge is 2.27. The lowest BCUT2D eigenvalue weighted by molar-refractivity contribution is 0.980. The van der Waals surface area contributed by atoms with Crippen LogP contribution in [0.25, 0.3) is 0 Å². The third-order valence-electron chi connectivity index (χ3n) is 2.38. The highest BCUT2D eigenvalue weighted by Crippen LogP contribution is 2.39. The first-order valence-corrected chi connectivity index (χ1v) is 5.74. The number of nitrogens with one attached hydrogen (secondary N) is 2. The van der Waals surface area contributed by atoms with Crippen LogP contribution in [-0.4, -0.2) is 19.6 Å². The summed E-state index contributed by atoms with van der Waals surface area (Å²) in [7, 11) is 0. The van der Waals surface area contributed by atoms with Gasteiger partial charge in [0.2, 0.25) is 5.13 Å². The Balaban J connectivity index is 1.61. The summed E-state index contributed by atoms with van der Waals surface area (Å²) in [6.07, 6.45) is 6.17. The van der Waals surface area contributed by atoms with Gasteiger partial charge in [0.25, 0.3) is 0 Å². The van der Waals surface area contributed by atoms with Crippen LogP contribution < -0.4 is 5.32 Å². The molecule has 2 heterocycles. The fraction of sp³-hybridized carbons (Fsp3) is 0.444. The van der Waals surface area contributed by atoms with Gasteiger partial charge in [0, 0.05) is 35.8 Å². The Morgan fingerprint density at radius 3 is 3.20 bits per heavy atom. The number of H-pyrrole nitrogens is 1. The van der Waals surface area contributed by atoms with E-state index in [0.29, 0.717) is 5.92 Å². The Bertz CT molecular complexity index is 431. The molecule has 0 spiro atoms. The van der Waals surface area contributed by atoms with Crippen molar-refractivity contribution in [2.45, 2.75) is 25.3 Å². The minimum atomic E-state index is 0.630. The Kier molecular flexibility index (Phi) is 2.13. The van der Waals surface area contributed by atoms with Crippen LogP contribution in [-0.2, 0) is 6.54 Å². The van der Waals surface area contributed by atoms with Crippen molar-refractivity contribution in [1.29, 1.82) is 0 Å². The van der Waals surface area contributed by atoms with Crippen LogP contribution in [0.3, 0.4) is 0 Å². The van der Waals surface area contributed by atoms with E-state index in [1.807, 2.05) is 6.20 Å². The molecule has 0 amide bonds. The molecule has 1 aliphatic carbocycles. The van der Waals surface area contributed by atoms with E-state index in [9.17, 15) is 0 Å². The molecular formula is C9H11N5S. The largest absolute Gasteiger partial charge is 0.356 e. The van der Waals surface area contributed by atoms with Crippen molar-refractivity contribution >= 4 is 16.7 Å². The lowest BCUT2D eigenvalue weighted by Crippen LogP contribution is -1.97. The summed E-state index contributed by atoms with van der Waals surface area (Å²) in [6, 6.07) is 0. The van der Waals surface area contributed by atoms with Crippen molar-refractivity contribution in [2.24, 2.45) is 0 Å². The zero-order valence-electron chi connectivity index (χ0n) is 8.10. The standard InChI is InChI=1S/C9H11N5S/c1-2-7(1)8-13-9(15-14-8)10-3-6-4-11-12-5-6/h4-5,7H,1-3H2,(H,11,12)(H,10,13,14). The van der Waals surface area contributed by atoms with E-state index in [4.69, 9.17) is 0 Å². The monoisotopic (exact) mass is 221 g/mol. The Morgan fingerprint density at radius 1 is 1.53 bits per heavy atom. The maximum Gasteiger partial charge on any atom is 0.202 e. The van der Waals surface area contributed by atoms with E-state index < -0.39 is 0 Å². The van der Waals surface area contributed by atoms with Gasteiger partial charge in [-0.3, -0.25) is 5.10 Å². The van der Waals surface area contributed by atoms with Gasteiger partial charge >= 0.3 is 0 Å². The molecule has 1 aliphatic rings. The molecule has 2 N–H and O–H groups in total. The molecule has 2 aromatic rings. The van der Waals surface area contributed by atoms with E-state index in [-0.39, 0.29) is 0 Å². The summed E-state index contributed by atoms with van der Waals surface area (Å²) in [6.45, 7) is 0.746. The summed E-state index contributed by atoms with van der Waals surface area (Å²) in [5.74, 6) is 1.64. The third-order valence-corrected chi connectivity index (χ3v) is 3.07. The topological polar surface area (TPSA) is 66.5 Å². The number of aromatic amines is 1. The smallest absolute Gasteiger partial charge is 0.202 e. The minimum Gasteiger partial charge on any atom is -0.356 e. The number of hydrogen-bond donors (Lipinski definition) is 2. The maximum absolute atomic E-state index is 4.44. The molecule has 0 radical (unpaired) electrons.